The molecule has 0 bridgehead atoms. The summed E-state index contributed by atoms with van der Waals surface area (Å²) in [5.41, 5.74) is 0. The van der Waals surface area contributed by atoms with E-state index in [1.165, 1.54) is 10.4 Å². The van der Waals surface area contributed by atoms with Crippen LogP contribution in [0, 0.1) is 11.3 Å². The molecule has 1 unspecified atom stereocenters. The molecule has 2 heterocycles. The van der Waals surface area contributed by atoms with Crippen LogP contribution in [0.4, 0.5) is 0 Å². The van der Waals surface area contributed by atoms with E-state index in [9.17, 15) is 8.42 Å². The highest BCUT2D eigenvalue weighted by molar-refractivity contribution is 7.91. The third kappa shape index (κ3) is 2.57. The van der Waals surface area contributed by atoms with Gasteiger partial charge in [0.05, 0.1) is 0 Å². The Labute approximate surface area is 111 Å². The van der Waals surface area contributed by atoms with Crippen molar-refractivity contribution in [2.45, 2.75) is 23.1 Å². The normalized spacial score (nSPS) is 21.7. The molecule has 1 aromatic heterocycles. The summed E-state index contributed by atoms with van der Waals surface area (Å²) in [5.74, 6) is 0. The molecular formula is C11H15N3O2S2. The molecule has 0 amide bonds. The number of thiophene rings is 1. The molecule has 0 saturated carbocycles. The van der Waals surface area contributed by atoms with Gasteiger partial charge in [-0.1, -0.05) is 0 Å². The minimum absolute atomic E-state index is 0.212. The average molecular weight is 285 g/mol. The van der Waals surface area contributed by atoms with Crippen molar-refractivity contribution in [2.75, 3.05) is 20.1 Å². The van der Waals surface area contributed by atoms with Gasteiger partial charge >= 0.3 is 0 Å². The van der Waals surface area contributed by atoms with Crippen LogP contribution in [-0.2, 0) is 10.0 Å². The van der Waals surface area contributed by atoms with Crippen LogP contribution >= 0.6 is 11.3 Å². The quantitative estimate of drug-likeness (QED) is 0.899. The standard InChI is InChI=1S/C11H15N3O2S2/c1-13-9-3-2-6-14(8-9)18(15,16)11-5-4-10(7-12)17-11/h4-5,9,13H,2-3,6,8H2,1H3. The van der Waals surface area contributed by atoms with E-state index in [2.05, 4.69) is 5.32 Å². The van der Waals surface area contributed by atoms with Gasteiger partial charge in [-0.2, -0.15) is 9.57 Å². The van der Waals surface area contributed by atoms with Gasteiger partial charge in [-0.3, -0.25) is 0 Å². The van der Waals surface area contributed by atoms with Gasteiger partial charge in [0.15, 0.2) is 0 Å². The average Bonchev–Trinajstić information content (AvgIpc) is 2.88. The highest BCUT2D eigenvalue weighted by atomic mass is 32.2. The summed E-state index contributed by atoms with van der Waals surface area (Å²) in [6.07, 6.45) is 1.86. The molecule has 5 nitrogen and oxygen atoms in total. The van der Waals surface area contributed by atoms with E-state index < -0.39 is 10.0 Å². The van der Waals surface area contributed by atoms with Gasteiger partial charge < -0.3 is 5.32 Å². The molecule has 1 atom stereocenters. The third-order valence-corrected chi connectivity index (χ3v) is 6.40. The van der Waals surface area contributed by atoms with Crippen molar-refractivity contribution in [3.63, 3.8) is 0 Å². The van der Waals surface area contributed by atoms with Gasteiger partial charge in [0.25, 0.3) is 10.0 Å². The molecule has 1 fully saturated rings. The van der Waals surface area contributed by atoms with Crippen LogP contribution in [0.1, 0.15) is 17.7 Å². The van der Waals surface area contributed by atoms with Crippen molar-refractivity contribution >= 4 is 21.4 Å². The molecule has 1 aromatic rings. The Hall–Kier alpha value is -0.940. The number of hydrogen-bond acceptors (Lipinski definition) is 5. The van der Waals surface area contributed by atoms with Crippen LogP contribution in [-0.4, -0.2) is 38.9 Å². The Balaban J connectivity index is 2.23. The van der Waals surface area contributed by atoms with E-state index in [-0.39, 0.29) is 10.3 Å². The third-order valence-electron chi connectivity index (χ3n) is 3.08. The Bertz CT molecular complexity index is 559. The first kappa shape index (κ1) is 13.5. The Morgan fingerprint density at radius 2 is 2.33 bits per heavy atom. The lowest BCUT2D eigenvalue weighted by molar-refractivity contribution is 0.293. The Kier molecular flexibility index (Phi) is 4.02. The first-order valence-electron chi connectivity index (χ1n) is 5.75. The maximum Gasteiger partial charge on any atom is 0.252 e. The van der Waals surface area contributed by atoms with Gasteiger partial charge in [-0.05, 0) is 32.0 Å². The first-order valence-corrected chi connectivity index (χ1v) is 8.01. The molecule has 1 aliphatic rings. The van der Waals surface area contributed by atoms with E-state index in [0.717, 1.165) is 24.2 Å². The summed E-state index contributed by atoms with van der Waals surface area (Å²) >= 11 is 1.03. The first-order chi connectivity index (χ1) is 8.57. The molecule has 1 N–H and O–H groups in total. The fourth-order valence-corrected chi connectivity index (χ4v) is 4.82. The monoisotopic (exact) mass is 285 g/mol. The molecule has 0 aromatic carbocycles. The van der Waals surface area contributed by atoms with Gasteiger partial charge in [0.1, 0.15) is 15.2 Å². The zero-order valence-electron chi connectivity index (χ0n) is 10.1. The fraction of sp³-hybridized carbons (Fsp3) is 0.545. The minimum Gasteiger partial charge on any atom is -0.316 e. The molecule has 0 radical (unpaired) electrons. The van der Waals surface area contributed by atoms with E-state index >= 15 is 0 Å². The summed E-state index contributed by atoms with van der Waals surface area (Å²) < 4.78 is 26.5. The number of piperidine rings is 1. The lowest BCUT2D eigenvalue weighted by Gasteiger charge is -2.31. The van der Waals surface area contributed by atoms with Crippen molar-refractivity contribution in [1.82, 2.24) is 9.62 Å². The summed E-state index contributed by atoms with van der Waals surface area (Å²) in [6, 6.07) is 5.25. The predicted octanol–water partition coefficient (Wildman–Crippen LogP) is 0.992. The van der Waals surface area contributed by atoms with Crippen molar-refractivity contribution in [1.29, 1.82) is 5.26 Å². The molecule has 1 saturated heterocycles. The minimum atomic E-state index is -3.43. The summed E-state index contributed by atoms with van der Waals surface area (Å²) in [4.78, 5) is 0.427. The summed E-state index contributed by atoms with van der Waals surface area (Å²) in [7, 11) is -1.59. The van der Waals surface area contributed by atoms with Gasteiger partial charge in [0.2, 0.25) is 0 Å². The van der Waals surface area contributed by atoms with Crippen molar-refractivity contribution in [2.24, 2.45) is 0 Å². The van der Waals surface area contributed by atoms with Crippen LogP contribution in [0.5, 0.6) is 0 Å². The molecule has 0 aliphatic carbocycles. The number of nitrogens with one attached hydrogen (secondary N) is 1. The number of nitrogens with zero attached hydrogens (tertiary/aromatic N) is 2. The number of hydrogen-bond donors (Lipinski definition) is 1. The van der Waals surface area contributed by atoms with Gasteiger partial charge in [0, 0.05) is 19.1 Å². The van der Waals surface area contributed by atoms with Crippen molar-refractivity contribution < 1.29 is 8.42 Å². The van der Waals surface area contributed by atoms with E-state index in [4.69, 9.17) is 5.26 Å². The largest absolute Gasteiger partial charge is 0.316 e. The fourth-order valence-electron chi connectivity index (χ4n) is 2.04. The topological polar surface area (TPSA) is 73.2 Å². The number of nitriles is 1. The molecule has 0 spiro atoms. The number of sulfonamides is 1. The molecule has 1 aliphatic heterocycles. The van der Waals surface area contributed by atoms with Crippen LogP contribution in [0.25, 0.3) is 0 Å². The van der Waals surface area contributed by atoms with Crippen molar-refractivity contribution in [3.8, 4) is 6.07 Å². The maximum absolute atomic E-state index is 12.4. The molecule has 18 heavy (non-hydrogen) atoms. The van der Waals surface area contributed by atoms with Crippen LogP contribution in [0.15, 0.2) is 16.3 Å². The second-order valence-corrected chi connectivity index (χ2v) is 7.47. The highest BCUT2D eigenvalue weighted by Crippen LogP contribution is 2.26. The molecule has 7 heteroatoms. The zero-order valence-corrected chi connectivity index (χ0v) is 11.7. The lowest BCUT2D eigenvalue weighted by Crippen LogP contribution is -2.46. The Morgan fingerprint density at radius 3 is 2.94 bits per heavy atom. The number of rotatable bonds is 3. The van der Waals surface area contributed by atoms with Gasteiger partial charge in [-0.15, -0.1) is 11.3 Å². The van der Waals surface area contributed by atoms with Gasteiger partial charge in [-0.25, -0.2) is 8.42 Å². The van der Waals surface area contributed by atoms with Crippen LogP contribution in [0.3, 0.4) is 0 Å². The molecule has 98 valence electrons. The zero-order chi connectivity index (χ0) is 13.2. The second kappa shape index (κ2) is 5.36. The smallest absolute Gasteiger partial charge is 0.252 e. The Morgan fingerprint density at radius 1 is 1.56 bits per heavy atom. The second-order valence-electron chi connectivity index (χ2n) is 4.22. The predicted molar refractivity (Wildman–Crippen MR) is 69.9 cm³/mol. The maximum atomic E-state index is 12.4. The number of likely N-dealkylation sites (N-methyl/N-ethyl adjacent to an activating group) is 1. The van der Waals surface area contributed by atoms with Crippen LogP contribution < -0.4 is 5.32 Å². The lowest BCUT2D eigenvalue weighted by atomic mass is 10.1. The SMILES string of the molecule is CNC1CCCN(S(=O)(=O)c2ccc(C#N)s2)C1. The highest BCUT2D eigenvalue weighted by Gasteiger charge is 2.30. The van der Waals surface area contributed by atoms with Crippen LogP contribution in [0.2, 0.25) is 0 Å². The molecular weight excluding hydrogens is 270 g/mol. The van der Waals surface area contributed by atoms with Crippen molar-refractivity contribution in [3.05, 3.63) is 17.0 Å². The summed E-state index contributed by atoms with van der Waals surface area (Å²) in [5, 5.41) is 11.9. The summed E-state index contributed by atoms with van der Waals surface area (Å²) in [6.45, 7) is 1.05. The molecule has 2 rings (SSSR count). The van der Waals surface area contributed by atoms with E-state index in [0.29, 0.717) is 18.0 Å². The van der Waals surface area contributed by atoms with E-state index in [1.54, 1.807) is 6.07 Å². The van der Waals surface area contributed by atoms with E-state index in [1.807, 2.05) is 13.1 Å².